The molecule has 2 aromatic heterocycles. The summed E-state index contributed by atoms with van der Waals surface area (Å²) in [5.74, 6) is 0.581. The van der Waals surface area contributed by atoms with E-state index in [1.807, 2.05) is 48.5 Å². The number of pyridine rings is 1. The average molecular weight is 489 g/mol. The van der Waals surface area contributed by atoms with E-state index in [9.17, 15) is 4.79 Å². The van der Waals surface area contributed by atoms with Crippen molar-refractivity contribution < 1.29 is 4.79 Å². The van der Waals surface area contributed by atoms with Crippen LogP contribution in [0.25, 0.3) is 32.6 Å². The van der Waals surface area contributed by atoms with Gasteiger partial charge < -0.3 is 5.73 Å². The minimum absolute atomic E-state index is 0.0361. The maximum absolute atomic E-state index is 13.6. The molecule has 0 saturated heterocycles. The van der Waals surface area contributed by atoms with E-state index in [-0.39, 0.29) is 5.78 Å². The molecule has 1 aliphatic rings. The van der Waals surface area contributed by atoms with Crippen LogP contribution in [0.5, 0.6) is 0 Å². The van der Waals surface area contributed by atoms with Gasteiger partial charge in [-0.3, -0.25) is 4.79 Å². The summed E-state index contributed by atoms with van der Waals surface area (Å²) in [7, 11) is 0. The van der Waals surface area contributed by atoms with Crippen molar-refractivity contribution in [3.63, 3.8) is 0 Å². The second-order valence-corrected chi connectivity index (χ2v) is 10.6. The first-order valence-electron chi connectivity index (χ1n) is 12.7. The number of ketones is 1. The van der Waals surface area contributed by atoms with Gasteiger partial charge in [0.2, 0.25) is 5.78 Å². The first-order chi connectivity index (χ1) is 17.7. The summed E-state index contributed by atoms with van der Waals surface area (Å²) in [5, 5.41) is 0.855. The summed E-state index contributed by atoms with van der Waals surface area (Å²) in [5.41, 5.74) is 13.2. The van der Waals surface area contributed by atoms with E-state index in [1.54, 1.807) is 0 Å². The summed E-state index contributed by atoms with van der Waals surface area (Å²) < 4.78 is 0. The molecular weight excluding hydrogens is 460 g/mol. The summed E-state index contributed by atoms with van der Waals surface area (Å²) in [4.78, 5) is 19.9. The minimum atomic E-state index is -0.0361. The molecule has 0 amide bonds. The zero-order chi connectivity index (χ0) is 24.5. The Bertz CT molecular complexity index is 1520. The Balaban J connectivity index is 1.44. The predicted molar refractivity (Wildman–Crippen MR) is 151 cm³/mol. The number of hydrogen-bond donors (Lipinski definition) is 1. The molecule has 36 heavy (non-hydrogen) atoms. The summed E-state index contributed by atoms with van der Waals surface area (Å²) >= 11 is 1.39. The number of anilines is 1. The van der Waals surface area contributed by atoms with Gasteiger partial charge in [-0.25, -0.2) is 4.98 Å². The number of nitrogen functional groups attached to an aromatic ring is 1. The summed E-state index contributed by atoms with van der Waals surface area (Å²) in [6.45, 7) is 0. The first-order valence-corrected chi connectivity index (χ1v) is 13.5. The molecule has 0 radical (unpaired) electrons. The monoisotopic (exact) mass is 488 g/mol. The molecule has 2 heterocycles. The molecule has 2 N–H and O–H groups in total. The highest BCUT2D eigenvalue weighted by molar-refractivity contribution is 7.21. The highest BCUT2D eigenvalue weighted by atomic mass is 32.1. The van der Waals surface area contributed by atoms with Crippen LogP contribution in [-0.4, -0.2) is 10.8 Å². The van der Waals surface area contributed by atoms with Crippen molar-refractivity contribution in [3.05, 3.63) is 107 Å². The van der Waals surface area contributed by atoms with Crippen molar-refractivity contribution in [2.45, 2.75) is 38.0 Å². The Morgan fingerprint density at radius 3 is 2.11 bits per heavy atom. The fourth-order valence-electron chi connectivity index (χ4n) is 5.37. The SMILES string of the molecule is Nc1c(C(=O)c2ccc(C3CCCCC3)cc2)sc2nc(-c3ccccc3)cc(-c3ccccc3)c12. The molecule has 3 aromatic carbocycles. The van der Waals surface area contributed by atoms with Gasteiger partial charge in [0, 0.05) is 16.5 Å². The van der Waals surface area contributed by atoms with Crippen LogP contribution in [-0.2, 0) is 0 Å². The van der Waals surface area contributed by atoms with Crippen molar-refractivity contribution in [1.82, 2.24) is 4.98 Å². The molecule has 3 nitrogen and oxygen atoms in total. The number of nitrogens with zero attached hydrogens (tertiary/aromatic N) is 1. The van der Waals surface area contributed by atoms with Crippen LogP contribution < -0.4 is 5.73 Å². The molecule has 0 aliphatic heterocycles. The van der Waals surface area contributed by atoms with E-state index in [0.29, 0.717) is 22.0 Å². The van der Waals surface area contributed by atoms with E-state index < -0.39 is 0 Å². The first kappa shape index (κ1) is 22.7. The fraction of sp³-hybridized carbons (Fsp3) is 0.188. The molecule has 1 fully saturated rings. The van der Waals surface area contributed by atoms with Crippen molar-refractivity contribution in [3.8, 4) is 22.4 Å². The van der Waals surface area contributed by atoms with Gasteiger partial charge in [0.05, 0.1) is 11.4 Å². The largest absolute Gasteiger partial charge is 0.397 e. The van der Waals surface area contributed by atoms with E-state index in [0.717, 1.165) is 32.6 Å². The van der Waals surface area contributed by atoms with Crippen molar-refractivity contribution in [1.29, 1.82) is 0 Å². The smallest absolute Gasteiger partial charge is 0.205 e. The topological polar surface area (TPSA) is 56.0 Å². The zero-order valence-electron chi connectivity index (χ0n) is 20.1. The number of rotatable bonds is 5. The maximum Gasteiger partial charge on any atom is 0.205 e. The number of carbonyl (C=O) groups excluding carboxylic acids is 1. The van der Waals surface area contributed by atoms with Crippen LogP contribution >= 0.6 is 11.3 Å². The number of nitrogens with two attached hydrogens (primary N) is 1. The highest BCUT2D eigenvalue weighted by Gasteiger charge is 2.23. The van der Waals surface area contributed by atoms with E-state index >= 15 is 0 Å². The number of hydrogen-bond acceptors (Lipinski definition) is 4. The molecule has 0 atom stereocenters. The predicted octanol–water partition coefficient (Wildman–Crippen LogP) is 8.49. The number of carbonyl (C=O) groups is 1. The highest BCUT2D eigenvalue weighted by Crippen LogP contribution is 2.42. The maximum atomic E-state index is 13.6. The molecule has 0 spiro atoms. The molecular formula is C32H28N2OS. The lowest BCUT2D eigenvalue weighted by Crippen LogP contribution is -2.06. The van der Waals surface area contributed by atoms with Gasteiger partial charge >= 0.3 is 0 Å². The van der Waals surface area contributed by atoms with Crippen molar-refractivity contribution >= 4 is 33.0 Å². The number of benzene rings is 3. The lowest BCUT2D eigenvalue weighted by Gasteiger charge is -2.22. The van der Waals surface area contributed by atoms with Crippen LogP contribution in [0, 0.1) is 0 Å². The third-order valence-electron chi connectivity index (χ3n) is 7.31. The summed E-state index contributed by atoms with van der Waals surface area (Å²) in [6, 6.07) is 30.6. The molecule has 0 bridgehead atoms. The number of aromatic nitrogens is 1. The Labute approximate surface area is 215 Å². The van der Waals surface area contributed by atoms with Gasteiger partial charge in [-0.1, -0.05) is 104 Å². The molecule has 4 heteroatoms. The van der Waals surface area contributed by atoms with Crippen LogP contribution in [0.15, 0.2) is 91.0 Å². The van der Waals surface area contributed by atoms with E-state index in [2.05, 4.69) is 42.5 Å². The van der Waals surface area contributed by atoms with E-state index in [1.165, 1.54) is 49.0 Å². The van der Waals surface area contributed by atoms with Gasteiger partial charge in [0.1, 0.15) is 9.71 Å². The molecule has 178 valence electrons. The van der Waals surface area contributed by atoms with Crippen LogP contribution in [0.4, 0.5) is 5.69 Å². The summed E-state index contributed by atoms with van der Waals surface area (Å²) in [6.07, 6.45) is 6.42. The second kappa shape index (κ2) is 9.71. The Morgan fingerprint density at radius 2 is 1.44 bits per heavy atom. The standard InChI is InChI=1S/C32H28N2OS/c33-29-28-26(23-12-6-2-7-13-23)20-27(24-14-8-3-9-15-24)34-32(28)36-31(29)30(35)25-18-16-22(17-19-25)21-10-4-1-5-11-21/h2-3,6-9,12-21H,1,4-5,10-11,33H2. The molecule has 1 saturated carbocycles. The second-order valence-electron chi connectivity index (χ2n) is 9.60. The van der Waals surface area contributed by atoms with Gasteiger partial charge in [0.15, 0.2) is 0 Å². The normalized spacial score (nSPS) is 14.2. The number of thiophene rings is 1. The Hall–Kier alpha value is -3.76. The molecule has 6 rings (SSSR count). The quantitative estimate of drug-likeness (QED) is 0.252. The fourth-order valence-corrected chi connectivity index (χ4v) is 6.45. The van der Waals surface area contributed by atoms with Crippen molar-refractivity contribution in [2.75, 3.05) is 5.73 Å². The third kappa shape index (κ3) is 4.22. The minimum Gasteiger partial charge on any atom is -0.397 e. The zero-order valence-corrected chi connectivity index (χ0v) is 20.9. The number of fused-ring (bicyclic) bond motifs is 1. The third-order valence-corrected chi connectivity index (χ3v) is 8.41. The molecule has 1 aliphatic carbocycles. The van der Waals surface area contributed by atoms with E-state index in [4.69, 9.17) is 10.7 Å². The van der Waals surface area contributed by atoms with Gasteiger partial charge in [0.25, 0.3) is 0 Å². The molecule has 0 unspecified atom stereocenters. The van der Waals surface area contributed by atoms with Crippen LogP contribution in [0.1, 0.15) is 58.8 Å². The van der Waals surface area contributed by atoms with Crippen molar-refractivity contribution in [2.24, 2.45) is 0 Å². The lowest BCUT2D eigenvalue weighted by atomic mass is 9.84. The Morgan fingerprint density at radius 1 is 0.806 bits per heavy atom. The van der Waals surface area contributed by atoms with Crippen LogP contribution in [0.2, 0.25) is 0 Å². The molecule has 5 aromatic rings. The van der Waals surface area contributed by atoms with Gasteiger partial charge in [-0.2, -0.15) is 0 Å². The van der Waals surface area contributed by atoms with Gasteiger partial charge in [-0.05, 0) is 41.5 Å². The Kier molecular flexibility index (Phi) is 6.12. The average Bonchev–Trinajstić information content (AvgIpc) is 3.30. The van der Waals surface area contributed by atoms with Gasteiger partial charge in [-0.15, -0.1) is 11.3 Å². The van der Waals surface area contributed by atoms with Crippen LogP contribution in [0.3, 0.4) is 0 Å². The lowest BCUT2D eigenvalue weighted by molar-refractivity contribution is 0.104.